The van der Waals surface area contributed by atoms with Gasteiger partial charge in [0.25, 0.3) is 0 Å². The van der Waals surface area contributed by atoms with Crippen LogP contribution in [-0.2, 0) is 0 Å². The van der Waals surface area contributed by atoms with Crippen LogP contribution >= 0.6 is 27.3 Å². The first-order chi connectivity index (χ1) is 8.22. The monoisotopic (exact) mass is 309 g/mol. The van der Waals surface area contributed by atoms with Crippen LogP contribution in [0.15, 0.2) is 22.1 Å². The highest BCUT2D eigenvalue weighted by Crippen LogP contribution is 2.41. The zero-order valence-electron chi connectivity index (χ0n) is 9.40. The summed E-state index contributed by atoms with van der Waals surface area (Å²) >= 11 is 5.06. The van der Waals surface area contributed by atoms with E-state index in [9.17, 15) is 0 Å². The van der Waals surface area contributed by atoms with Gasteiger partial charge in [0, 0.05) is 22.0 Å². The van der Waals surface area contributed by atoms with Crippen LogP contribution in [0.2, 0.25) is 0 Å². The predicted molar refractivity (Wildman–Crippen MR) is 74.0 cm³/mol. The lowest BCUT2D eigenvalue weighted by molar-refractivity contribution is 1.05. The van der Waals surface area contributed by atoms with Crippen molar-refractivity contribution >= 4 is 38.2 Å². The molecular weight excluding hydrogens is 298 g/mol. The van der Waals surface area contributed by atoms with Gasteiger partial charge in [-0.3, -0.25) is 0 Å². The summed E-state index contributed by atoms with van der Waals surface area (Å²) in [5.74, 6) is 1.59. The standard InChI is InChI=1S/C12H12BrN3S/c1-7-4-9(13)5-14-11(7)16-12-15-10(6-17-12)8-2-3-8/h4-6,8H,2-3H2,1H3,(H,14,15,16). The fourth-order valence-electron chi connectivity index (χ4n) is 1.68. The van der Waals surface area contributed by atoms with Crippen molar-refractivity contribution in [3.63, 3.8) is 0 Å². The minimum absolute atomic E-state index is 0.709. The van der Waals surface area contributed by atoms with E-state index < -0.39 is 0 Å². The van der Waals surface area contributed by atoms with Gasteiger partial charge in [-0.25, -0.2) is 9.97 Å². The minimum Gasteiger partial charge on any atom is -0.316 e. The number of aryl methyl sites for hydroxylation is 1. The summed E-state index contributed by atoms with van der Waals surface area (Å²) in [5, 5.41) is 6.36. The number of hydrogen-bond donors (Lipinski definition) is 1. The van der Waals surface area contributed by atoms with Gasteiger partial charge < -0.3 is 5.32 Å². The van der Waals surface area contributed by atoms with Gasteiger partial charge in [-0.2, -0.15) is 0 Å². The van der Waals surface area contributed by atoms with Gasteiger partial charge in [0.15, 0.2) is 5.13 Å². The number of aromatic nitrogens is 2. The molecule has 17 heavy (non-hydrogen) atoms. The first-order valence-electron chi connectivity index (χ1n) is 5.57. The van der Waals surface area contributed by atoms with Gasteiger partial charge in [0.2, 0.25) is 0 Å². The molecule has 2 aromatic heterocycles. The largest absolute Gasteiger partial charge is 0.316 e. The minimum atomic E-state index is 0.709. The Kier molecular flexibility index (Phi) is 2.88. The smallest absolute Gasteiger partial charge is 0.188 e. The molecule has 3 nitrogen and oxygen atoms in total. The molecule has 1 aliphatic carbocycles. The molecular formula is C12H12BrN3S. The topological polar surface area (TPSA) is 37.8 Å². The number of rotatable bonds is 3. The van der Waals surface area contributed by atoms with Crippen LogP contribution in [0.3, 0.4) is 0 Å². The number of nitrogens with zero attached hydrogens (tertiary/aromatic N) is 2. The number of anilines is 2. The third-order valence-corrected chi connectivity index (χ3v) is 4.00. The first kappa shape index (κ1) is 11.2. The molecule has 88 valence electrons. The van der Waals surface area contributed by atoms with E-state index >= 15 is 0 Å². The van der Waals surface area contributed by atoms with E-state index in [1.165, 1.54) is 18.5 Å². The molecule has 0 aliphatic heterocycles. The summed E-state index contributed by atoms with van der Waals surface area (Å²) < 4.78 is 0.998. The van der Waals surface area contributed by atoms with Crippen molar-refractivity contribution in [3.05, 3.63) is 33.4 Å². The average Bonchev–Trinajstić information content (AvgIpc) is 3.04. The zero-order chi connectivity index (χ0) is 11.8. The Balaban J connectivity index is 1.80. The molecule has 0 aromatic carbocycles. The fourth-order valence-corrected chi connectivity index (χ4v) is 2.92. The van der Waals surface area contributed by atoms with E-state index in [-0.39, 0.29) is 0 Å². The van der Waals surface area contributed by atoms with Crippen molar-refractivity contribution < 1.29 is 0 Å². The quantitative estimate of drug-likeness (QED) is 0.922. The Labute approximate surface area is 112 Å². The molecule has 5 heteroatoms. The van der Waals surface area contributed by atoms with Crippen LogP contribution in [0.4, 0.5) is 10.9 Å². The first-order valence-corrected chi connectivity index (χ1v) is 7.24. The highest BCUT2D eigenvalue weighted by molar-refractivity contribution is 9.10. The van der Waals surface area contributed by atoms with Crippen LogP contribution in [0, 0.1) is 6.92 Å². The molecule has 0 atom stereocenters. The predicted octanol–water partition coefficient (Wildman–Crippen LogP) is 4.23. The van der Waals surface area contributed by atoms with Crippen molar-refractivity contribution in [2.45, 2.75) is 25.7 Å². The molecule has 0 saturated heterocycles. The summed E-state index contributed by atoms with van der Waals surface area (Å²) in [5.41, 5.74) is 2.34. The average molecular weight is 310 g/mol. The SMILES string of the molecule is Cc1cc(Br)cnc1Nc1nc(C2CC2)cs1. The van der Waals surface area contributed by atoms with E-state index in [1.807, 2.05) is 13.0 Å². The maximum absolute atomic E-state index is 4.59. The maximum atomic E-state index is 4.59. The lowest BCUT2D eigenvalue weighted by Crippen LogP contribution is -1.96. The van der Waals surface area contributed by atoms with Crippen LogP contribution in [0.5, 0.6) is 0 Å². The highest BCUT2D eigenvalue weighted by atomic mass is 79.9. The van der Waals surface area contributed by atoms with E-state index in [0.717, 1.165) is 21.0 Å². The lowest BCUT2D eigenvalue weighted by atomic mass is 10.3. The Morgan fingerprint density at radius 2 is 2.29 bits per heavy atom. The normalized spacial score (nSPS) is 14.9. The van der Waals surface area contributed by atoms with E-state index in [1.54, 1.807) is 17.5 Å². The van der Waals surface area contributed by atoms with Crippen molar-refractivity contribution in [2.24, 2.45) is 0 Å². The molecule has 2 heterocycles. The summed E-state index contributed by atoms with van der Waals surface area (Å²) in [7, 11) is 0. The van der Waals surface area contributed by atoms with Crippen LogP contribution in [0.25, 0.3) is 0 Å². The summed E-state index contributed by atoms with van der Waals surface area (Å²) in [6.45, 7) is 2.04. The van der Waals surface area contributed by atoms with E-state index in [2.05, 4.69) is 36.6 Å². The van der Waals surface area contributed by atoms with Crippen molar-refractivity contribution in [1.82, 2.24) is 9.97 Å². The third kappa shape index (κ3) is 2.50. The van der Waals surface area contributed by atoms with Gasteiger partial charge in [0.05, 0.1) is 5.69 Å². The second-order valence-corrected chi connectivity index (χ2v) is 6.07. The number of nitrogens with one attached hydrogen (secondary N) is 1. The lowest BCUT2D eigenvalue weighted by Gasteiger charge is -2.05. The van der Waals surface area contributed by atoms with E-state index in [0.29, 0.717) is 5.92 Å². The Hall–Kier alpha value is -0.940. The van der Waals surface area contributed by atoms with Gasteiger partial charge in [-0.15, -0.1) is 11.3 Å². The Morgan fingerprint density at radius 1 is 1.47 bits per heavy atom. The Bertz CT molecular complexity index is 548. The molecule has 0 unspecified atom stereocenters. The van der Waals surface area contributed by atoms with Crippen LogP contribution in [0.1, 0.15) is 30.0 Å². The molecule has 0 spiro atoms. The third-order valence-electron chi connectivity index (χ3n) is 2.79. The molecule has 3 rings (SSSR count). The number of hydrogen-bond acceptors (Lipinski definition) is 4. The molecule has 1 saturated carbocycles. The number of halogens is 1. The van der Waals surface area contributed by atoms with Crippen LogP contribution in [-0.4, -0.2) is 9.97 Å². The molecule has 0 bridgehead atoms. The molecule has 2 aromatic rings. The Morgan fingerprint density at radius 3 is 3.00 bits per heavy atom. The molecule has 1 aliphatic rings. The van der Waals surface area contributed by atoms with Crippen molar-refractivity contribution in [2.75, 3.05) is 5.32 Å². The number of thiazole rings is 1. The molecule has 0 radical (unpaired) electrons. The number of pyridine rings is 1. The van der Waals surface area contributed by atoms with Crippen molar-refractivity contribution in [1.29, 1.82) is 0 Å². The summed E-state index contributed by atoms with van der Waals surface area (Å²) in [6, 6.07) is 2.05. The second-order valence-electron chi connectivity index (χ2n) is 4.30. The van der Waals surface area contributed by atoms with Gasteiger partial charge in [-0.1, -0.05) is 0 Å². The molecule has 0 amide bonds. The highest BCUT2D eigenvalue weighted by Gasteiger charge is 2.26. The fraction of sp³-hybridized carbons (Fsp3) is 0.333. The summed E-state index contributed by atoms with van der Waals surface area (Å²) in [6.07, 6.45) is 4.38. The second kappa shape index (κ2) is 4.38. The maximum Gasteiger partial charge on any atom is 0.188 e. The summed E-state index contributed by atoms with van der Waals surface area (Å²) in [4.78, 5) is 8.94. The van der Waals surface area contributed by atoms with Gasteiger partial charge >= 0.3 is 0 Å². The van der Waals surface area contributed by atoms with Crippen LogP contribution < -0.4 is 5.32 Å². The van der Waals surface area contributed by atoms with E-state index in [4.69, 9.17) is 0 Å². The zero-order valence-corrected chi connectivity index (χ0v) is 11.8. The molecule has 1 N–H and O–H groups in total. The van der Waals surface area contributed by atoms with Crippen molar-refractivity contribution in [3.8, 4) is 0 Å². The van der Waals surface area contributed by atoms with Gasteiger partial charge in [-0.05, 0) is 47.3 Å². The molecule has 1 fully saturated rings. The van der Waals surface area contributed by atoms with Gasteiger partial charge in [0.1, 0.15) is 5.82 Å².